The van der Waals surface area contributed by atoms with Gasteiger partial charge in [-0.1, -0.05) is 0 Å². The second-order valence-electron chi connectivity index (χ2n) is 7.59. The number of Topliss-reactive ketones (excluding diaryl/α,β-unsaturated/α-hetero) is 2. The molecule has 1 saturated heterocycles. The number of cyclic esters (lactones) is 2. The topological polar surface area (TPSA) is 77.5 Å². The molecule has 8 unspecified atom stereocenters. The zero-order valence-electron chi connectivity index (χ0n) is 12.8. The average Bonchev–Trinajstić information content (AvgIpc) is 3.08. The fraction of sp³-hybridized carbons (Fsp3) is 0.765. The number of carbonyl (C=O) groups is 4. The van der Waals surface area contributed by atoms with Crippen LogP contribution in [0.5, 0.6) is 0 Å². The molecule has 1 heterocycles. The lowest BCUT2D eigenvalue weighted by atomic mass is 9.58. The minimum Gasteiger partial charge on any atom is -0.393 e. The van der Waals surface area contributed by atoms with E-state index in [1.165, 1.54) is 0 Å². The first kappa shape index (κ1) is 14.1. The number of rotatable bonds is 2. The van der Waals surface area contributed by atoms with Crippen LogP contribution in [0.25, 0.3) is 0 Å². The van der Waals surface area contributed by atoms with Crippen molar-refractivity contribution in [3.63, 3.8) is 0 Å². The Kier molecular flexibility index (Phi) is 2.88. The quantitative estimate of drug-likeness (QED) is 0.569. The Morgan fingerprint density at radius 2 is 1.18 bits per heavy atom. The second-order valence-corrected chi connectivity index (χ2v) is 7.59. The van der Waals surface area contributed by atoms with Crippen LogP contribution < -0.4 is 0 Å². The summed E-state index contributed by atoms with van der Waals surface area (Å²) in [6, 6.07) is 0. The Morgan fingerprint density at radius 3 is 1.55 bits per heavy atom. The number of hydrogen-bond acceptors (Lipinski definition) is 5. The molecule has 0 radical (unpaired) electrons. The standard InChI is InChI=1S/C17H20O5/c1-6(18)14-10-5-11(15(14)7(2)19)9-4-13-12(3-8(9)10)16(20)22-17(13)21/h8-15H,3-5H2,1-2H3. The number of ether oxygens (including phenoxy) is 1. The molecule has 0 N–H and O–H groups in total. The van der Waals surface area contributed by atoms with Crippen LogP contribution in [0, 0.1) is 47.3 Å². The van der Waals surface area contributed by atoms with Crippen molar-refractivity contribution in [1.82, 2.24) is 0 Å². The Balaban J connectivity index is 1.67. The first-order valence-corrected chi connectivity index (χ1v) is 8.16. The van der Waals surface area contributed by atoms with Crippen molar-refractivity contribution in [1.29, 1.82) is 0 Å². The van der Waals surface area contributed by atoms with Crippen molar-refractivity contribution in [2.75, 3.05) is 0 Å². The molecule has 4 fully saturated rings. The molecule has 5 nitrogen and oxygen atoms in total. The Hall–Kier alpha value is -1.52. The largest absolute Gasteiger partial charge is 0.393 e. The van der Waals surface area contributed by atoms with Crippen molar-refractivity contribution in [2.24, 2.45) is 47.3 Å². The van der Waals surface area contributed by atoms with Gasteiger partial charge in [0.05, 0.1) is 11.8 Å². The van der Waals surface area contributed by atoms with Crippen molar-refractivity contribution in [3.05, 3.63) is 0 Å². The summed E-state index contributed by atoms with van der Waals surface area (Å²) in [4.78, 5) is 47.8. The van der Waals surface area contributed by atoms with Gasteiger partial charge < -0.3 is 4.74 Å². The highest BCUT2D eigenvalue weighted by Crippen LogP contribution is 2.64. The SMILES string of the molecule is CC(=O)C1C2CC(C3CC4C(=O)OC(=O)C4CC32)C1C(C)=O. The highest BCUT2D eigenvalue weighted by Gasteiger charge is 2.64. The number of ketones is 2. The molecule has 0 spiro atoms. The van der Waals surface area contributed by atoms with Crippen LogP contribution in [0.1, 0.15) is 33.1 Å². The van der Waals surface area contributed by atoms with Gasteiger partial charge >= 0.3 is 11.9 Å². The van der Waals surface area contributed by atoms with Crippen LogP contribution in [0.2, 0.25) is 0 Å². The van der Waals surface area contributed by atoms with Crippen molar-refractivity contribution in [3.8, 4) is 0 Å². The molecule has 0 aromatic rings. The molecular formula is C17H20O5. The maximum Gasteiger partial charge on any atom is 0.317 e. The summed E-state index contributed by atoms with van der Waals surface area (Å²) in [5.74, 6) is -0.635. The molecule has 1 aliphatic heterocycles. The lowest BCUT2D eigenvalue weighted by Crippen LogP contribution is -2.45. The van der Waals surface area contributed by atoms with E-state index in [9.17, 15) is 19.2 Å². The maximum atomic E-state index is 12.1. The Morgan fingerprint density at radius 1 is 0.773 bits per heavy atom. The zero-order chi connectivity index (χ0) is 15.8. The fourth-order valence-electron chi connectivity index (χ4n) is 6.15. The summed E-state index contributed by atoms with van der Waals surface area (Å²) < 4.78 is 4.80. The third kappa shape index (κ3) is 1.65. The Labute approximate surface area is 128 Å². The van der Waals surface area contributed by atoms with Gasteiger partial charge in [-0.3, -0.25) is 19.2 Å². The van der Waals surface area contributed by atoms with E-state index in [2.05, 4.69) is 0 Å². The van der Waals surface area contributed by atoms with Gasteiger partial charge in [0.1, 0.15) is 11.6 Å². The van der Waals surface area contributed by atoms with Crippen LogP contribution in [0.4, 0.5) is 0 Å². The van der Waals surface area contributed by atoms with Gasteiger partial charge in [0.15, 0.2) is 0 Å². The van der Waals surface area contributed by atoms with Gasteiger partial charge in [0, 0.05) is 11.8 Å². The average molecular weight is 304 g/mol. The molecule has 0 amide bonds. The van der Waals surface area contributed by atoms with Gasteiger partial charge in [-0.2, -0.15) is 0 Å². The summed E-state index contributed by atoms with van der Waals surface area (Å²) in [5.41, 5.74) is 0. The molecule has 0 aromatic carbocycles. The third-order valence-electron chi connectivity index (χ3n) is 6.79. The molecule has 0 aromatic heterocycles. The van der Waals surface area contributed by atoms with Gasteiger partial charge in [-0.15, -0.1) is 0 Å². The van der Waals surface area contributed by atoms with Crippen LogP contribution >= 0.6 is 0 Å². The fourth-order valence-corrected chi connectivity index (χ4v) is 6.15. The van der Waals surface area contributed by atoms with Crippen molar-refractivity contribution < 1.29 is 23.9 Å². The van der Waals surface area contributed by atoms with E-state index >= 15 is 0 Å². The van der Waals surface area contributed by atoms with E-state index in [4.69, 9.17) is 4.74 Å². The summed E-state index contributed by atoms with van der Waals surface area (Å²) in [6.45, 7) is 3.16. The molecule has 3 saturated carbocycles. The van der Waals surface area contributed by atoms with Crippen molar-refractivity contribution >= 4 is 23.5 Å². The molecule has 4 rings (SSSR count). The molecule has 118 valence electrons. The number of carbonyl (C=O) groups excluding carboxylic acids is 4. The van der Waals surface area contributed by atoms with Crippen molar-refractivity contribution in [2.45, 2.75) is 33.1 Å². The highest BCUT2D eigenvalue weighted by atomic mass is 16.6. The molecule has 8 atom stereocenters. The van der Waals surface area contributed by atoms with E-state index in [-0.39, 0.29) is 58.9 Å². The van der Waals surface area contributed by atoms with Gasteiger partial charge in [-0.05, 0) is 56.8 Å². The minimum absolute atomic E-state index is 0.0957. The van der Waals surface area contributed by atoms with E-state index in [0.717, 1.165) is 6.42 Å². The number of esters is 2. The van der Waals surface area contributed by atoms with Crippen LogP contribution in [-0.2, 0) is 23.9 Å². The number of fused-ring (bicyclic) bond motifs is 6. The van der Waals surface area contributed by atoms with Crippen LogP contribution in [0.15, 0.2) is 0 Å². The first-order valence-electron chi connectivity index (χ1n) is 8.16. The lowest BCUT2D eigenvalue weighted by molar-refractivity contribution is -0.153. The van der Waals surface area contributed by atoms with E-state index in [1.54, 1.807) is 13.8 Å². The monoisotopic (exact) mass is 304 g/mol. The second kappa shape index (κ2) is 4.49. The third-order valence-corrected chi connectivity index (χ3v) is 6.79. The van der Waals surface area contributed by atoms with Crippen LogP contribution in [-0.4, -0.2) is 23.5 Å². The summed E-state index contributed by atoms with van der Waals surface area (Å²) in [7, 11) is 0. The normalized spacial score (nSPS) is 48.8. The molecular weight excluding hydrogens is 284 g/mol. The minimum atomic E-state index is -0.390. The highest BCUT2D eigenvalue weighted by molar-refractivity contribution is 5.96. The van der Waals surface area contributed by atoms with E-state index < -0.39 is 11.9 Å². The maximum absolute atomic E-state index is 12.1. The zero-order valence-corrected chi connectivity index (χ0v) is 12.8. The van der Waals surface area contributed by atoms with Crippen LogP contribution in [0.3, 0.4) is 0 Å². The Bertz CT molecular complexity index is 544. The summed E-state index contributed by atoms with van der Waals surface area (Å²) >= 11 is 0. The summed E-state index contributed by atoms with van der Waals surface area (Å²) in [5, 5.41) is 0. The first-order chi connectivity index (χ1) is 10.4. The van der Waals surface area contributed by atoms with Gasteiger partial charge in [0.25, 0.3) is 0 Å². The van der Waals surface area contributed by atoms with E-state index in [1.807, 2.05) is 0 Å². The predicted molar refractivity (Wildman–Crippen MR) is 74.2 cm³/mol. The lowest BCUT2D eigenvalue weighted by Gasteiger charge is -2.44. The smallest absolute Gasteiger partial charge is 0.317 e. The molecule has 22 heavy (non-hydrogen) atoms. The summed E-state index contributed by atoms with van der Waals surface area (Å²) in [6.07, 6.45) is 2.19. The molecule has 4 aliphatic rings. The molecule has 3 aliphatic carbocycles. The van der Waals surface area contributed by atoms with Gasteiger partial charge in [0.2, 0.25) is 0 Å². The number of hydrogen-bond donors (Lipinski definition) is 0. The van der Waals surface area contributed by atoms with E-state index in [0.29, 0.717) is 12.8 Å². The molecule has 2 bridgehead atoms. The predicted octanol–water partition coefficient (Wildman–Crippen LogP) is 1.39. The van der Waals surface area contributed by atoms with Gasteiger partial charge in [-0.25, -0.2) is 0 Å². The molecule has 5 heteroatoms.